The monoisotopic (exact) mass is 158 g/mol. The molecule has 0 aliphatic carbocycles. The van der Waals surface area contributed by atoms with Gasteiger partial charge in [0.15, 0.2) is 0 Å². The van der Waals surface area contributed by atoms with Gasteiger partial charge in [0.25, 0.3) is 0 Å². The molecule has 2 heteroatoms. The summed E-state index contributed by atoms with van der Waals surface area (Å²) >= 11 is 0. The molecular weight excluding hydrogens is 140 g/mol. The molecule has 66 valence electrons. The number of aliphatic hydroxyl groups is 1. The second kappa shape index (κ2) is 3.11. The first kappa shape index (κ1) is 9.01. The van der Waals surface area contributed by atoms with Crippen LogP contribution in [0.15, 0.2) is 0 Å². The van der Waals surface area contributed by atoms with Gasteiger partial charge in [0.2, 0.25) is 0 Å². The molecule has 0 aromatic heterocycles. The Morgan fingerprint density at radius 2 is 2.18 bits per heavy atom. The Morgan fingerprint density at radius 1 is 1.64 bits per heavy atom. The third-order valence-corrected chi connectivity index (χ3v) is 1.92. The Kier molecular flexibility index (Phi) is 2.55. The summed E-state index contributed by atoms with van der Waals surface area (Å²) in [5, 5.41) is 9.82. The molecule has 1 N–H and O–H groups in total. The van der Waals surface area contributed by atoms with E-state index in [0.29, 0.717) is 12.0 Å². The summed E-state index contributed by atoms with van der Waals surface area (Å²) in [6.07, 6.45) is 2.00. The van der Waals surface area contributed by atoms with E-state index in [1.807, 2.05) is 6.92 Å². The summed E-state index contributed by atoms with van der Waals surface area (Å²) in [5.74, 6) is 0.559. The van der Waals surface area contributed by atoms with Crippen molar-refractivity contribution in [2.75, 3.05) is 6.61 Å². The van der Waals surface area contributed by atoms with Crippen LogP contribution in [-0.4, -0.2) is 23.4 Å². The van der Waals surface area contributed by atoms with Crippen LogP contribution < -0.4 is 0 Å². The van der Waals surface area contributed by atoms with Gasteiger partial charge in [0.05, 0.1) is 18.3 Å². The van der Waals surface area contributed by atoms with E-state index in [4.69, 9.17) is 4.74 Å². The van der Waals surface area contributed by atoms with Gasteiger partial charge < -0.3 is 9.84 Å². The van der Waals surface area contributed by atoms with Crippen molar-refractivity contribution in [3.8, 4) is 0 Å². The highest BCUT2D eigenvalue weighted by molar-refractivity contribution is 4.83. The normalized spacial score (nSPS) is 28.6. The average Bonchev–Trinajstić information content (AvgIpc) is 2.43. The van der Waals surface area contributed by atoms with Gasteiger partial charge in [-0.15, -0.1) is 0 Å². The molecule has 0 saturated carbocycles. The Morgan fingerprint density at radius 3 is 2.55 bits per heavy atom. The minimum absolute atomic E-state index is 0.337. The SMILES string of the molecule is CC(C)CC(C)(O)CC1CO1. The van der Waals surface area contributed by atoms with Crippen LogP contribution in [0.5, 0.6) is 0 Å². The summed E-state index contributed by atoms with van der Waals surface area (Å²) in [7, 11) is 0. The van der Waals surface area contributed by atoms with E-state index in [2.05, 4.69) is 13.8 Å². The van der Waals surface area contributed by atoms with Crippen molar-refractivity contribution in [2.45, 2.75) is 45.3 Å². The molecule has 1 saturated heterocycles. The largest absolute Gasteiger partial charge is 0.390 e. The minimum atomic E-state index is -0.519. The molecular formula is C9H18O2. The van der Waals surface area contributed by atoms with Gasteiger partial charge >= 0.3 is 0 Å². The van der Waals surface area contributed by atoms with Crippen molar-refractivity contribution in [1.82, 2.24) is 0 Å². The van der Waals surface area contributed by atoms with E-state index in [1.54, 1.807) is 0 Å². The fourth-order valence-electron chi connectivity index (χ4n) is 1.64. The van der Waals surface area contributed by atoms with Gasteiger partial charge in [-0.1, -0.05) is 13.8 Å². The maximum Gasteiger partial charge on any atom is 0.0837 e. The molecule has 2 nitrogen and oxygen atoms in total. The zero-order chi connectivity index (χ0) is 8.48. The molecule has 0 aromatic rings. The molecule has 0 radical (unpaired) electrons. The maximum absolute atomic E-state index is 9.82. The van der Waals surface area contributed by atoms with Crippen LogP contribution >= 0.6 is 0 Å². The maximum atomic E-state index is 9.82. The van der Waals surface area contributed by atoms with E-state index in [9.17, 15) is 5.11 Å². The number of hydrogen-bond acceptors (Lipinski definition) is 2. The Bertz CT molecular complexity index is 120. The Balaban J connectivity index is 2.24. The standard InChI is InChI=1S/C9H18O2/c1-7(2)4-9(3,10)5-8-6-11-8/h7-8,10H,4-6H2,1-3H3. The van der Waals surface area contributed by atoms with Crippen molar-refractivity contribution in [3.05, 3.63) is 0 Å². The van der Waals surface area contributed by atoms with E-state index in [1.165, 1.54) is 0 Å². The number of rotatable bonds is 4. The van der Waals surface area contributed by atoms with Gasteiger partial charge in [0.1, 0.15) is 0 Å². The Hall–Kier alpha value is -0.0800. The van der Waals surface area contributed by atoms with Crippen molar-refractivity contribution >= 4 is 0 Å². The molecule has 1 aliphatic rings. The molecule has 0 amide bonds. The molecule has 2 unspecified atom stereocenters. The van der Waals surface area contributed by atoms with E-state index >= 15 is 0 Å². The van der Waals surface area contributed by atoms with Gasteiger partial charge in [-0.05, 0) is 19.3 Å². The fourth-order valence-corrected chi connectivity index (χ4v) is 1.64. The highest BCUT2D eigenvalue weighted by Gasteiger charge is 2.32. The van der Waals surface area contributed by atoms with Crippen molar-refractivity contribution in [1.29, 1.82) is 0 Å². The predicted molar refractivity (Wildman–Crippen MR) is 44.4 cm³/mol. The van der Waals surface area contributed by atoms with Crippen LogP contribution in [0.3, 0.4) is 0 Å². The molecule has 1 fully saturated rings. The zero-order valence-electron chi connectivity index (χ0n) is 7.63. The van der Waals surface area contributed by atoms with Gasteiger partial charge in [-0.25, -0.2) is 0 Å². The summed E-state index contributed by atoms with van der Waals surface area (Å²) < 4.78 is 5.07. The average molecular weight is 158 g/mol. The van der Waals surface area contributed by atoms with E-state index < -0.39 is 5.60 Å². The third kappa shape index (κ3) is 3.73. The molecule has 0 aromatic carbocycles. The summed E-state index contributed by atoms with van der Waals surface area (Å²) in [6.45, 7) is 6.99. The highest BCUT2D eigenvalue weighted by Crippen LogP contribution is 2.27. The summed E-state index contributed by atoms with van der Waals surface area (Å²) in [6, 6.07) is 0. The lowest BCUT2D eigenvalue weighted by molar-refractivity contribution is 0.0230. The smallest absolute Gasteiger partial charge is 0.0837 e. The van der Waals surface area contributed by atoms with Crippen molar-refractivity contribution in [3.63, 3.8) is 0 Å². The molecule has 0 bridgehead atoms. The fraction of sp³-hybridized carbons (Fsp3) is 1.00. The molecule has 0 spiro atoms. The van der Waals surface area contributed by atoms with Crippen molar-refractivity contribution < 1.29 is 9.84 Å². The minimum Gasteiger partial charge on any atom is -0.390 e. The quantitative estimate of drug-likeness (QED) is 0.630. The lowest BCUT2D eigenvalue weighted by Gasteiger charge is -2.24. The van der Waals surface area contributed by atoms with Crippen LogP contribution in [0.4, 0.5) is 0 Å². The summed E-state index contributed by atoms with van der Waals surface area (Å²) in [5.41, 5.74) is -0.519. The first-order chi connectivity index (χ1) is 4.99. The van der Waals surface area contributed by atoms with Gasteiger partial charge in [-0.3, -0.25) is 0 Å². The first-order valence-corrected chi connectivity index (χ1v) is 4.33. The highest BCUT2D eigenvalue weighted by atomic mass is 16.6. The van der Waals surface area contributed by atoms with E-state index in [-0.39, 0.29) is 0 Å². The van der Waals surface area contributed by atoms with Crippen LogP contribution in [0.25, 0.3) is 0 Å². The Labute approximate surface area is 68.6 Å². The number of hydrogen-bond donors (Lipinski definition) is 1. The second-order valence-electron chi connectivity index (χ2n) is 4.25. The molecule has 1 aliphatic heterocycles. The molecule has 1 heterocycles. The predicted octanol–water partition coefficient (Wildman–Crippen LogP) is 1.57. The number of ether oxygens (including phenoxy) is 1. The molecule has 2 atom stereocenters. The third-order valence-electron chi connectivity index (χ3n) is 1.92. The van der Waals surface area contributed by atoms with Crippen LogP contribution in [0.1, 0.15) is 33.6 Å². The summed E-state index contributed by atoms with van der Waals surface area (Å²) in [4.78, 5) is 0. The van der Waals surface area contributed by atoms with Gasteiger partial charge in [-0.2, -0.15) is 0 Å². The zero-order valence-corrected chi connectivity index (χ0v) is 7.63. The lowest BCUT2D eigenvalue weighted by Crippen LogP contribution is -2.28. The van der Waals surface area contributed by atoms with Crippen LogP contribution in [-0.2, 0) is 4.74 Å². The lowest BCUT2D eigenvalue weighted by atomic mass is 9.90. The van der Waals surface area contributed by atoms with Crippen LogP contribution in [0.2, 0.25) is 0 Å². The number of epoxide rings is 1. The second-order valence-corrected chi connectivity index (χ2v) is 4.25. The van der Waals surface area contributed by atoms with Crippen molar-refractivity contribution in [2.24, 2.45) is 5.92 Å². The molecule has 1 rings (SSSR count). The van der Waals surface area contributed by atoms with Gasteiger partial charge in [0, 0.05) is 6.42 Å². The van der Waals surface area contributed by atoms with E-state index in [0.717, 1.165) is 19.4 Å². The first-order valence-electron chi connectivity index (χ1n) is 4.33. The van der Waals surface area contributed by atoms with Crippen LogP contribution in [0, 0.1) is 5.92 Å². The topological polar surface area (TPSA) is 32.8 Å². The molecule has 11 heavy (non-hydrogen) atoms.